The second kappa shape index (κ2) is 3.94. The molecule has 0 aliphatic heterocycles. The average molecular weight is 199 g/mol. The van der Waals surface area contributed by atoms with Crippen LogP contribution in [-0.4, -0.2) is 16.8 Å². The first kappa shape index (κ1) is 10.9. The molecule has 78 valence electrons. The Labute approximate surface area is 82.0 Å². The van der Waals surface area contributed by atoms with Crippen LogP contribution in [0.15, 0.2) is 18.2 Å². The van der Waals surface area contributed by atoms with E-state index in [1.165, 1.54) is 12.1 Å². The molecule has 0 aliphatic carbocycles. The van der Waals surface area contributed by atoms with Crippen molar-refractivity contribution >= 4 is 0 Å². The zero-order valence-corrected chi connectivity index (χ0v) is 8.00. The van der Waals surface area contributed by atoms with Gasteiger partial charge in [0.2, 0.25) is 0 Å². The highest BCUT2D eigenvalue weighted by Gasteiger charge is 2.24. The Morgan fingerprint density at radius 1 is 1.50 bits per heavy atom. The number of rotatable bonds is 3. The molecular formula is C10H14FNO2. The average Bonchev–Trinajstić information content (AvgIpc) is 2.09. The Hall–Kier alpha value is -1.13. The molecular weight excluding hydrogens is 185 g/mol. The van der Waals surface area contributed by atoms with Gasteiger partial charge in [0.1, 0.15) is 11.6 Å². The van der Waals surface area contributed by atoms with Crippen LogP contribution in [0.5, 0.6) is 5.75 Å². The fourth-order valence-corrected chi connectivity index (χ4v) is 1.33. The fourth-order valence-electron chi connectivity index (χ4n) is 1.33. The number of aliphatic hydroxyl groups is 1. The molecule has 1 aromatic rings. The highest BCUT2D eigenvalue weighted by molar-refractivity contribution is 5.37. The normalized spacial score (nSPS) is 15.1. The summed E-state index contributed by atoms with van der Waals surface area (Å²) in [5, 5.41) is 18.2. The summed E-state index contributed by atoms with van der Waals surface area (Å²) >= 11 is 0. The van der Waals surface area contributed by atoms with Crippen molar-refractivity contribution in [1.82, 2.24) is 0 Å². The Morgan fingerprint density at radius 2 is 2.14 bits per heavy atom. The minimum atomic E-state index is -0.916. The van der Waals surface area contributed by atoms with Crippen LogP contribution in [0.3, 0.4) is 0 Å². The van der Waals surface area contributed by atoms with Gasteiger partial charge < -0.3 is 15.9 Å². The second-order valence-electron chi connectivity index (χ2n) is 3.55. The number of phenolic OH excluding ortho intramolecular Hbond substituents is 1. The maximum atomic E-state index is 12.9. The molecule has 0 aromatic heterocycles. The van der Waals surface area contributed by atoms with Gasteiger partial charge in [-0.15, -0.1) is 0 Å². The van der Waals surface area contributed by atoms with Crippen molar-refractivity contribution in [1.29, 1.82) is 0 Å². The fraction of sp³-hybridized carbons (Fsp3) is 0.400. The van der Waals surface area contributed by atoms with Crippen molar-refractivity contribution in [2.75, 3.05) is 6.61 Å². The molecule has 1 atom stereocenters. The molecule has 4 N–H and O–H groups in total. The minimum Gasteiger partial charge on any atom is -0.508 e. The first-order chi connectivity index (χ1) is 6.47. The van der Waals surface area contributed by atoms with Gasteiger partial charge in [0, 0.05) is 17.7 Å². The van der Waals surface area contributed by atoms with Crippen molar-refractivity contribution in [2.45, 2.75) is 18.9 Å². The molecule has 0 spiro atoms. The monoisotopic (exact) mass is 199 g/mol. The Kier molecular flexibility index (Phi) is 3.08. The molecule has 4 heteroatoms. The third-order valence-corrected chi connectivity index (χ3v) is 2.21. The van der Waals surface area contributed by atoms with Gasteiger partial charge in [-0.3, -0.25) is 0 Å². The summed E-state index contributed by atoms with van der Waals surface area (Å²) in [7, 11) is 0. The lowest BCUT2D eigenvalue weighted by Crippen LogP contribution is -2.34. The van der Waals surface area contributed by atoms with Crippen molar-refractivity contribution in [3.63, 3.8) is 0 Å². The Balaban J connectivity index is 3.10. The molecule has 1 rings (SSSR count). The van der Waals surface area contributed by atoms with Gasteiger partial charge in [0.15, 0.2) is 0 Å². The zero-order valence-electron chi connectivity index (χ0n) is 8.00. The van der Waals surface area contributed by atoms with Gasteiger partial charge in [-0.25, -0.2) is 4.39 Å². The predicted molar refractivity (Wildman–Crippen MR) is 51.3 cm³/mol. The molecule has 0 unspecified atom stereocenters. The number of benzene rings is 1. The standard InChI is InChI=1S/C10H14FNO2/c1-10(12,4-5-13)8-6-7(11)2-3-9(8)14/h2-3,6,13-14H,4-5,12H2,1H3/t10-/m1/s1. The van der Waals surface area contributed by atoms with E-state index in [0.717, 1.165) is 6.07 Å². The van der Waals surface area contributed by atoms with Crippen LogP contribution >= 0.6 is 0 Å². The first-order valence-electron chi connectivity index (χ1n) is 4.36. The van der Waals surface area contributed by atoms with Crippen LogP contribution in [0, 0.1) is 5.82 Å². The molecule has 14 heavy (non-hydrogen) atoms. The number of aromatic hydroxyl groups is 1. The van der Waals surface area contributed by atoms with E-state index in [2.05, 4.69) is 0 Å². The van der Waals surface area contributed by atoms with E-state index in [-0.39, 0.29) is 18.8 Å². The lowest BCUT2D eigenvalue weighted by molar-refractivity contribution is 0.244. The number of nitrogens with two attached hydrogens (primary N) is 1. The third-order valence-electron chi connectivity index (χ3n) is 2.21. The highest BCUT2D eigenvalue weighted by Crippen LogP contribution is 2.29. The SMILES string of the molecule is C[C@@](N)(CCO)c1cc(F)ccc1O. The van der Waals surface area contributed by atoms with Gasteiger partial charge in [-0.05, 0) is 31.5 Å². The molecule has 0 bridgehead atoms. The summed E-state index contributed by atoms with van der Waals surface area (Å²) in [5.74, 6) is -0.503. The molecule has 0 saturated heterocycles. The quantitative estimate of drug-likeness (QED) is 0.682. The van der Waals surface area contributed by atoms with Gasteiger partial charge in [0.05, 0.1) is 0 Å². The smallest absolute Gasteiger partial charge is 0.123 e. The van der Waals surface area contributed by atoms with E-state index in [9.17, 15) is 9.50 Å². The lowest BCUT2D eigenvalue weighted by Gasteiger charge is -2.25. The maximum absolute atomic E-state index is 12.9. The number of aliphatic hydroxyl groups excluding tert-OH is 1. The van der Waals surface area contributed by atoms with Crippen LogP contribution in [-0.2, 0) is 5.54 Å². The number of halogens is 1. The van der Waals surface area contributed by atoms with Crippen LogP contribution in [0.1, 0.15) is 18.9 Å². The molecule has 0 fully saturated rings. The summed E-state index contributed by atoms with van der Waals surface area (Å²) in [6.07, 6.45) is 0.268. The Morgan fingerprint density at radius 3 is 2.71 bits per heavy atom. The topological polar surface area (TPSA) is 66.5 Å². The van der Waals surface area contributed by atoms with E-state index in [1.807, 2.05) is 0 Å². The lowest BCUT2D eigenvalue weighted by atomic mass is 9.89. The van der Waals surface area contributed by atoms with Crippen molar-refractivity contribution in [3.05, 3.63) is 29.6 Å². The maximum Gasteiger partial charge on any atom is 0.123 e. The van der Waals surface area contributed by atoms with Crippen LogP contribution in [0.4, 0.5) is 4.39 Å². The molecule has 0 heterocycles. The molecule has 0 saturated carbocycles. The van der Waals surface area contributed by atoms with Crippen LogP contribution < -0.4 is 5.73 Å². The summed E-state index contributed by atoms with van der Waals surface area (Å²) in [6.45, 7) is 1.53. The predicted octanol–water partition coefficient (Wildman–Crippen LogP) is 1.09. The molecule has 0 radical (unpaired) electrons. The van der Waals surface area contributed by atoms with Gasteiger partial charge >= 0.3 is 0 Å². The van der Waals surface area contributed by atoms with Crippen molar-refractivity contribution < 1.29 is 14.6 Å². The minimum absolute atomic E-state index is 0.0511. The number of phenols is 1. The van der Waals surface area contributed by atoms with E-state index >= 15 is 0 Å². The summed E-state index contributed by atoms with van der Waals surface area (Å²) in [6, 6.07) is 3.60. The van der Waals surface area contributed by atoms with Crippen molar-refractivity contribution in [3.8, 4) is 5.75 Å². The van der Waals surface area contributed by atoms with Crippen molar-refractivity contribution in [2.24, 2.45) is 5.73 Å². The second-order valence-corrected chi connectivity index (χ2v) is 3.55. The number of hydrogen-bond donors (Lipinski definition) is 3. The van der Waals surface area contributed by atoms with E-state index in [1.54, 1.807) is 6.92 Å². The summed E-state index contributed by atoms with van der Waals surface area (Å²) < 4.78 is 12.9. The van der Waals surface area contributed by atoms with E-state index < -0.39 is 11.4 Å². The van der Waals surface area contributed by atoms with Crippen LogP contribution in [0.2, 0.25) is 0 Å². The zero-order chi connectivity index (χ0) is 10.8. The first-order valence-corrected chi connectivity index (χ1v) is 4.36. The van der Waals surface area contributed by atoms with Gasteiger partial charge in [0.25, 0.3) is 0 Å². The highest BCUT2D eigenvalue weighted by atomic mass is 19.1. The van der Waals surface area contributed by atoms with Gasteiger partial charge in [-0.2, -0.15) is 0 Å². The van der Waals surface area contributed by atoms with E-state index in [4.69, 9.17) is 10.8 Å². The molecule has 0 aliphatic rings. The van der Waals surface area contributed by atoms with Gasteiger partial charge in [-0.1, -0.05) is 0 Å². The summed E-state index contributed by atoms with van der Waals surface area (Å²) in [4.78, 5) is 0. The summed E-state index contributed by atoms with van der Waals surface area (Å²) in [5.41, 5.74) is 5.23. The Bertz CT molecular complexity index is 326. The third kappa shape index (κ3) is 2.21. The van der Waals surface area contributed by atoms with Crippen LogP contribution in [0.25, 0.3) is 0 Å². The number of hydrogen-bond acceptors (Lipinski definition) is 3. The van der Waals surface area contributed by atoms with E-state index in [0.29, 0.717) is 5.56 Å². The largest absolute Gasteiger partial charge is 0.508 e. The molecule has 1 aromatic carbocycles. The molecule has 3 nitrogen and oxygen atoms in total. The molecule has 0 amide bonds.